The third kappa shape index (κ3) is 3.05. The Morgan fingerprint density at radius 1 is 1.40 bits per heavy atom. The smallest absolute Gasteiger partial charge is 0.362 e. The van der Waals surface area contributed by atoms with E-state index in [4.69, 9.17) is 20.8 Å². The molecule has 0 fully saturated rings. The van der Waals surface area contributed by atoms with Crippen molar-refractivity contribution in [3.63, 3.8) is 0 Å². The maximum absolute atomic E-state index is 11.2. The fraction of sp³-hybridized carbons (Fsp3) is 0.385. The first-order valence-corrected chi connectivity index (χ1v) is 7.59. The molecular weight excluding hydrogens is 354 g/mol. The second kappa shape index (κ2) is 6.51. The van der Waals surface area contributed by atoms with Crippen molar-refractivity contribution in [1.29, 1.82) is 0 Å². The third-order valence-electron chi connectivity index (χ3n) is 3.60. The molecule has 3 aromatic rings. The van der Waals surface area contributed by atoms with Crippen LogP contribution in [0.1, 0.15) is 17.3 Å². The van der Waals surface area contributed by atoms with Crippen LogP contribution in [-0.4, -0.2) is 42.2 Å². The molecule has 0 bridgehead atoms. The zero-order chi connectivity index (χ0) is 18.1. The molecule has 0 saturated carbocycles. The van der Waals surface area contributed by atoms with Crippen molar-refractivity contribution >= 4 is 17.3 Å². The predicted octanol–water partition coefficient (Wildman–Crippen LogP) is 2.09. The quantitative estimate of drug-likeness (QED) is 0.516. The van der Waals surface area contributed by atoms with Gasteiger partial charge in [-0.1, -0.05) is 11.6 Å². The van der Waals surface area contributed by atoms with Gasteiger partial charge in [-0.3, -0.25) is 19.9 Å². The number of aryl methyl sites for hydroxylation is 3. The molecule has 0 spiro atoms. The molecule has 0 amide bonds. The van der Waals surface area contributed by atoms with Gasteiger partial charge in [-0.2, -0.15) is 5.10 Å². The fourth-order valence-electron chi connectivity index (χ4n) is 2.33. The van der Waals surface area contributed by atoms with Crippen LogP contribution in [0.25, 0.3) is 11.6 Å². The maximum Gasteiger partial charge on any atom is 0.362 e. The molecule has 0 radical (unpaired) electrons. The summed E-state index contributed by atoms with van der Waals surface area (Å²) >= 11 is 6.11. The molecule has 132 valence electrons. The average molecular weight is 368 g/mol. The molecule has 0 aliphatic carbocycles. The standard InChI is InChI=1S/C13H14ClN7O4/c1-6-9(14)7(2)20(19-6)5-4-8-15-17-12(25-8)10-11(21(22)23)13(24-3)18-16-10/h4-5H2,1-3H3,(H,16,18). The van der Waals surface area contributed by atoms with E-state index in [2.05, 4.69) is 25.5 Å². The highest BCUT2D eigenvalue weighted by Crippen LogP contribution is 2.34. The highest BCUT2D eigenvalue weighted by molar-refractivity contribution is 6.31. The van der Waals surface area contributed by atoms with E-state index in [1.807, 2.05) is 13.8 Å². The normalized spacial score (nSPS) is 11.0. The molecular formula is C13H14ClN7O4. The summed E-state index contributed by atoms with van der Waals surface area (Å²) in [6, 6.07) is 0. The van der Waals surface area contributed by atoms with Gasteiger partial charge in [0.25, 0.3) is 5.89 Å². The first-order chi connectivity index (χ1) is 11.9. The van der Waals surface area contributed by atoms with E-state index in [1.54, 1.807) is 4.68 Å². The van der Waals surface area contributed by atoms with Crippen LogP contribution in [0.2, 0.25) is 5.02 Å². The summed E-state index contributed by atoms with van der Waals surface area (Å²) in [5.41, 5.74) is 1.22. The molecule has 3 heterocycles. The minimum Gasteiger partial charge on any atom is -0.475 e. The van der Waals surface area contributed by atoms with E-state index in [1.165, 1.54) is 7.11 Å². The van der Waals surface area contributed by atoms with Gasteiger partial charge in [0.2, 0.25) is 11.6 Å². The second-order valence-electron chi connectivity index (χ2n) is 5.17. The molecule has 0 atom stereocenters. The summed E-state index contributed by atoms with van der Waals surface area (Å²) in [6.45, 7) is 4.17. The first-order valence-electron chi connectivity index (χ1n) is 7.21. The predicted molar refractivity (Wildman–Crippen MR) is 85.5 cm³/mol. The molecule has 0 aromatic carbocycles. The van der Waals surface area contributed by atoms with Gasteiger partial charge in [0.1, 0.15) is 0 Å². The Kier molecular flexibility index (Phi) is 4.40. The Balaban J connectivity index is 1.80. The first kappa shape index (κ1) is 16.9. The SMILES string of the molecule is COc1n[nH]c(-c2nnc(CCn3nc(C)c(Cl)c3C)o2)c1[N+](=O)[O-]. The number of methoxy groups -OCH3 is 1. The highest BCUT2D eigenvalue weighted by Gasteiger charge is 2.30. The largest absolute Gasteiger partial charge is 0.475 e. The van der Waals surface area contributed by atoms with Gasteiger partial charge >= 0.3 is 11.6 Å². The van der Waals surface area contributed by atoms with E-state index in [9.17, 15) is 10.1 Å². The van der Waals surface area contributed by atoms with Crippen molar-refractivity contribution < 1.29 is 14.1 Å². The van der Waals surface area contributed by atoms with Crippen LogP contribution in [0.15, 0.2) is 4.42 Å². The van der Waals surface area contributed by atoms with Crippen LogP contribution >= 0.6 is 11.6 Å². The zero-order valence-corrected chi connectivity index (χ0v) is 14.4. The molecule has 11 nitrogen and oxygen atoms in total. The Labute approximate surface area is 146 Å². The lowest BCUT2D eigenvalue weighted by atomic mass is 10.3. The lowest BCUT2D eigenvalue weighted by molar-refractivity contribution is -0.385. The van der Waals surface area contributed by atoms with Gasteiger partial charge in [0.05, 0.1) is 28.4 Å². The van der Waals surface area contributed by atoms with E-state index in [-0.39, 0.29) is 23.2 Å². The lowest BCUT2D eigenvalue weighted by Crippen LogP contribution is -2.05. The van der Waals surface area contributed by atoms with Crippen LogP contribution in [-0.2, 0) is 13.0 Å². The number of aromatic amines is 1. The minimum atomic E-state index is -0.626. The number of hydrogen-bond acceptors (Lipinski definition) is 8. The van der Waals surface area contributed by atoms with Crippen LogP contribution in [0.3, 0.4) is 0 Å². The number of ether oxygens (including phenoxy) is 1. The Morgan fingerprint density at radius 3 is 2.76 bits per heavy atom. The van der Waals surface area contributed by atoms with Crippen LogP contribution in [0.5, 0.6) is 5.88 Å². The number of nitrogens with one attached hydrogen (secondary N) is 1. The number of nitrogens with zero attached hydrogens (tertiary/aromatic N) is 6. The molecule has 12 heteroatoms. The average Bonchev–Trinajstić information content (AvgIpc) is 3.27. The Hall–Kier alpha value is -2.95. The lowest BCUT2D eigenvalue weighted by Gasteiger charge is -2.01. The molecule has 3 rings (SSSR count). The molecule has 1 N–H and O–H groups in total. The molecule has 0 aliphatic heterocycles. The summed E-state index contributed by atoms with van der Waals surface area (Å²) < 4.78 is 12.1. The summed E-state index contributed by atoms with van der Waals surface area (Å²) in [6.07, 6.45) is 0.393. The Bertz CT molecular complexity index is 929. The minimum absolute atomic E-state index is 0.00485. The number of rotatable bonds is 6. The summed E-state index contributed by atoms with van der Waals surface area (Å²) in [7, 11) is 1.28. The van der Waals surface area contributed by atoms with Crippen molar-refractivity contribution in [3.8, 4) is 17.5 Å². The summed E-state index contributed by atoms with van der Waals surface area (Å²) in [5, 5.41) is 30.0. The van der Waals surface area contributed by atoms with Crippen molar-refractivity contribution in [2.24, 2.45) is 0 Å². The maximum atomic E-state index is 11.2. The molecule has 3 aromatic heterocycles. The monoisotopic (exact) mass is 367 g/mol. The second-order valence-corrected chi connectivity index (χ2v) is 5.55. The molecule has 0 aliphatic rings. The van der Waals surface area contributed by atoms with E-state index < -0.39 is 4.92 Å². The molecule has 25 heavy (non-hydrogen) atoms. The number of halogens is 1. The van der Waals surface area contributed by atoms with Crippen molar-refractivity contribution in [2.45, 2.75) is 26.8 Å². The van der Waals surface area contributed by atoms with Crippen LogP contribution < -0.4 is 4.74 Å². The van der Waals surface area contributed by atoms with Gasteiger partial charge in [0, 0.05) is 13.0 Å². The zero-order valence-electron chi connectivity index (χ0n) is 13.6. The number of aromatic nitrogens is 6. The van der Waals surface area contributed by atoms with Crippen LogP contribution in [0, 0.1) is 24.0 Å². The topological polar surface area (TPSA) is 138 Å². The van der Waals surface area contributed by atoms with Gasteiger partial charge in [-0.05, 0) is 13.8 Å². The fourth-order valence-corrected chi connectivity index (χ4v) is 2.47. The highest BCUT2D eigenvalue weighted by atomic mass is 35.5. The van der Waals surface area contributed by atoms with Crippen molar-refractivity contribution in [2.75, 3.05) is 7.11 Å². The van der Waals surface area contributed by atoms with Gasteiger partial charge in [-0.15, -0.1) is 15.3 Å². The number of nitro groups is 1. The third-order valence-corrected chi connectivity index (χ3v) is 4.14. The van der Waals surface area contributed by atoms with E-state index >= 15 is 0 Å². The molecule has 0 saturated heterocycles. The number of H-pyrrole nitrogens is 1. The van der Waals surface area contributed by atoms with Crippen molar-refractivity contribution in [1.82, 2.24) is 30.2 Å². The Morgan fingerprint density at radius 2 is 2.16 bits per heavy atom. The summed E-state index contributed by atoms with van der Waals surface area (Å²) in [4.78, 5) is 10.6. The summed E-state index contributed by atoms with van der Waals surface area (Å²) in [5.74, 6) is 0.113. The molecule has 0 unspecified atom stereocenters. The van der Waals surface area contributed by atoms with Gasteiger partial charge < -0.3 is 9.15 Å². The van der Waals surface area contributed by atoms with Gasteiger partial charge in [0.15, 0.2) is 0 Å². The number of hydrogen-bond donors (Lipinski definition) is 1. The van der Waals surface area contributed by atoms with E-state index in [0.29, 0.717) is 23.9 Å². The van der Waals surface area contributed by atoms with Crippen LogP contribution in [0.4, 0.5) is 5.69 Å². The van der Waals surface area contributed by atoms with Crippen molar-refractivity contribution in [3.05, 3.63) is 32.4 Å². The van der Waals surface area contributed by atoms with E-state index in [0.717, 1.165) is 11.4 Å². The van der Waals surface area contributed by atoms with Gasteiger partial charge in [-0.25, -0.2) is 0 Å².